The molecule has 0 fully saturated rings. The van der Waals surface area contributed by atoms with Gasteiger partial charge in [-0.05, 0) is 18.6 Å². The maximum absolute atomic E-state index is 13.4. The van der Waals surface area contributed by atoms with E-state index in [1.165, 1.54) is 6.07 Å². The third kappa shape index (κ3) is 1.64. The number of anilines is 1. The zero-order chi connectivity index (χ0) is 9.42. The van der Waals surface area contributed by atoms with Gasteiger partial charge >= 0.3 is 0 Å². The summed E-state index contributed by atoms with van der Waals surface area (Å²) >= 11 is 8.20. The van der Waals surface area contributed by atoms with E-state index >= 15 is 0 Å². The van der Waals surface area contributed by atoms with E-state index in [9.17, 15) is 4.39 Å². The van der Waals surface area contributed by atoms with Crippen LogP contribution in [0.5, 0.6) is 0 Å². The number of fused-ring (bicyclic) bond motifs is 1. The van der Waals surface area contributed by atoms with E-state index in [4.69, 9.17) is 11.6 Å². The fourth-order valence-electron chi connectivity index (χ4n) is 1.52. The molecule has 0 aromatic heterocycles. The van der Waals surface area contributed by atoms with Crippen molar-refractivity contribution in [2.75, 3.05) is 11.9 Å². The zero-order valence-corrected chi connectivity index (χ0v) is 9.69. The first kappa shape index (κ1) is 9.52. The van der Waals surface area contributed by atoms with E-state index in [1.54, 1.807) is 6.07 Å². The first-order valence-corrected chi connectivity index (χ1v) is 5.68. The molecule has 0 saturated heterocycles. The van der Waals surface area contributed by atoms with Gasteiger partial charge in [0, 0.05) is 16.0 Å². The van der Waals surface area contributed by atoms with Crippen LogP contribution in [0.15, 0.2) is 12.1 Å². The molecule has 0 saturated carbocycles. The predicted octanol–water partition coefficient (Wildman–Crippen LogP) is 3.77. The molecule has 4 heteroatoms. The summed E-state index contributed by atoms with van der Waals surface area (Å²) in [5.74, 6) is -0.161. The van der Waals surface area contributed by atoms with Gasteiger partial charge in [-0.25, -0.2) is 4.39 Å². The standard InChI is InChI=1S/C9H8ClFIN/c10-5-1-2-6(11)8-7(12)3-4-13-9(5)8/h1-2,7,13H,3-4H2. The second kappa shape index (κ2) is 3.61. The van der Waals surface area contributed by atoms with Gasteiger partial charge in [0.1, 0.15) is 5.82 Å². The van der Waals surface area contributed by atoms with Gasteiger partial charge in [-0.15, -0.1) is 0 Å². The van der Waals surface area contributed by atoms with E-state index in [2.05, 4.69) is 27.9 Å². The molecule has 1 aromatic carbocycles. The zero-order valence-electron chi connectivity index (χ0n) is 6.78. The number of hydrogen-bond acceptors (Lipinski definition) is 1. The van der Waals surface area contributed by atoms with Crippen LogP contribution >= 0.6 is 34.2 Å². The largest absolute Gasteiger partial charge is 0.383 e. The summed E-state index contributed by atoms with van der Waals surface area (Å²) in [4.78, 5) is 0. The first-order chi connectivity index (χ1) is 6.20. The lowest BCUT2D eigenvalue weighted by molar-refractivity contribution is 0.603. The number of hydrogen-bond donors (Lipinski definition) is 1. The Hall–Kier alpha value is -0.0300. The summed E-state index contributed by atoms with van der Waals surface area (Å²) in [5.41, 5.74) is 1.49. The summed E-state index contributed by atoms with van der Waals surface area (Å²) in [6.45, 7) is 0.865. The summed E-state index contributed by atoms with van der Waals surface area (Å²) in [5, 5.41) is 3.73. The lowest BCUT2D eigenvalue weighted by Gasteiger charge is -2.23. The molecule has 1 nitrogen and oxygen atoms in total. The molecular formula is C9H8ClFIN. The first-order valence-electron chi connectivity index (χ1n) is 4.06. The fourth-order valence-corrected chi connectivity index (χ4v) is 2.67. The average Bonchev–Trinajstić information content (AvgIpc) is 2.12. The van der Waals surface area contributed by atoms with E-state index in [-0.39, 0.29) is 9.74 Å². The molecular weight excluding hydrogens is 303 g/mol. The molecule has 2 rings (SSSR count). The molecule has 0 bridgehead atoms. The van der Waals surface area contributed by atoms with Crippen LogP contribution in [-0.4, -0.2) is 6.54 Å². The Morgan fingerprint density at radius 2 is 2.31 bits per heavy atom. The van der Waals surface area contributed by atoms with Crippen LogP contribution in [0.4, 0.5) is 10.1 Å². The van der Waals surface area contributed by atoms with E-state index < -0.39 is 0 Å². The molecule has 70 valence electrons. The molecule has 0 spiro atoms. The minimum Gasteiger partial charge on any atom is -0.383 e. The predicted molar refractivity (Wildman–Crippen MR) is 61.3 cm³/mol. The number of rotatable bonds is 0. The van der Waals surface area contributed by atoms with Crippen molar-refractivity contribution in [3.63, 3.8) is 0 Å². The highest BCUT2D eigenvalue weighted by atomic mass is 127. The van der Waals surface area contributed by atoms with Gasteiger partial charge in [-0.2, -0.15) is 0 Å². The minimum absolute atomic E-state index is 0.161. The Labute approximate surface area is 94.8 Å². The molecule has 1 N–H and O–H groups in total. The van der Waals surface area contributed by atoms with Gasteiger partial charge in [0.15, 0.2) is 0 Å². The maximum atomic E-state index is 13.4. The summed E-state index contributed by atoms with van der Waals surface area (Å²) in [7, 11) is 0. The number of halogens is 3. The van der Waals surface area contributed by atoms with Gasteiger partial charge in [-0.1, -0.05) is 34.2 Å². The van der Waals surface area contributed by atoms with Crippen molar-refractivity contribution in [2.45, 2.75) is 10.3 Å². The molecule has 1 aromatic rings. The smallest absolute Gasteiger partial charge is 0.129 e. The molecule has 1 aliphatic heterocycles. The molecule has 1 unspecified atom stereocenters. The number of nitrogens with one attached hydrogen (secondary N) is 1. The van der Waals surface area contributed by atoms with Gasteiger partial charge in [0.05, 0.1) is 10.7 Å². The third-order valence-corrected chi connectivity index (χ3v) is 3.71. The minimum atomic E-state index is -0.161. The van der Waals surface area contributed by atoms with Crippen molar-refractivity contribution in [1.29, 1.82) is 0 Å². The van der Waals surface area contributed by atoms with Crippen molar-refractivity contribution >= 4 is 39.9 Å². The fraction of sp³-hybridized carbons (Fsp3) is 0.333. The van der Waals surface area contributed by atoms with Gasteiger partial charge in [0.25, 0.3) is 0 Å². The Balaban J connectivity index is 2.60. The Bertz CT molecular complexity index is 343. The topological polar surface area (TPSA) is 12.0 Å². The van der Waals surface area contributed by atoms with Crippen molar-refractivity contribution in [3.8, 4) is 0 Å². The van der Waals surface area contributed by atoms with Crippen LogP contribution in [0.2, 0.25) is 5.02 Å². The Morgan fingerprint density at radius 3 is 3.00 bits per heavy atom. The summed E-state index contributed by atoms with van der Waals surface area (Å²) < 4.78 is 13.6. The lowest BCUT2D eigenvalue weighted by atomic mass is 10.0. The molecule has 0 radical (unpaired) electrons. The number of benzene rings is 1. The van der Waals surface area contributed by atoms with Crippen LogP contribution in [0, 0.1) is 5.82 Å². The second-order valence-electron chi connectivity index (χ2n) is 3.00. The average molecular weight is 312 g/mol. The SMILES string of the molecule is Fc1ccc(Cl)c2c1C(I)CCN2. The Kier molecular flexibility index (Phi) is 2.65. The highest BCUT2D eigenvalue weighted by molar-refractivity contribution is 14.1. The van der Waals surface area contributed by atoms with Crippen LogP contribution < -0.4 is 5.32 Å². The van der Waals surface area contributed by atoms with Crippen LogP contribution in [0.3, 0.4) is 0 Å². The van der Waals surface area contributed by atoms with Crippen LogP contribution in [0.1, 0.15) is 15.9 Å². The van der Waals surface area contributed by atoms with Gasteiger partial charge in [-0.3, -0.25) is 0 Å². The molecule has 1 aliphatic rings. The third-order valence-electron chi connectivity index (χ3n) is 2.15. The van der Waals surface area contributed by atoms with Crippen LogP contribution in [0.25, 0.3) is 0 Å². The van der Waals surface area contributed by atoms with E-state index in [0.717, 1.165) is 24.2 Å². The number of alkyl halides is 1. The van der Waals surface area contributed by atoms with Crippen LogP contribution in [-0.2, 0) is 0 Å². The van der Waals surface area contributed by atoms with Crippen molar-refractivity contribution in [1.82, 2.24) is 0 Å². The van der Waals surface area contributed by atoms with E-state index in [1.807, 2.05) is 0 Å². The van der Waals surface area contributed by atoms with Crippen molar-refractivity contribution in [3.05, 3.63) is 28.5 Å². The highest BCUT2D eigenvalue weighted by Crippen LogP contribution is 2.41. The molecule has 0 aliphatic carbocycles. The molecule has 13 heavy (non-hydrogen) atoms. The van der Waals surface area contributed by atoms with Gasteiger partial charge in [0.2, 0.25) is 0 Å². The molecule has 0 amide bonds. The second-order valence-corrected chi connectivity index (χ2v) is 4.91. The quantitative estimate of drug-likeness (QED) is 0.568. The lowest BCUT2D eigenvalue weighted by Crippen LogP contribution is -2.15. The Morgan fingerprint density at radius 1 is 1.54 bits per heavy atom. The maximum Gasteiger partial charge on any atom is 0.129 e. The normalized spacial score (nSPS) is 20.7. The molecule has 1 heterocycles. The van der Waals surface area contributed by atoms with Gasteiger partial charge < -0.3 is 5.32 Å². The molecule has 1 atom stereocenters. The monoisotopic (exact) mass is 311 g/mol. The van der Waals surface area contributed by atoms with Crippen molar-refractivity contribution < 1.29 is 4.39 Å². The van der Waals surface area contributed by atoms with E-state index in [0.29, 0.717) is 5.02 Å². The highest BCUT2D eigenvalue weighted by Gasteiger charge is 2.22. The summed E-state index contributed by atoms with van der Waals surface area (Å²) in [6, 6.07) is 3.03. The summed E-state index contributed by atoms with van der Waals surface area (Å²) in [6.07, 6.45) is 0.949. The van der Waals surface area contributed by atoms with Crippen molar-refractivity contribution in [2.24, 2.45) is 0 Å².